The Bertz CT molecular complexity index is 483. The van der Waals surface area contributed by atoms with Crippen molar-refractivity contribution in [2.75, 3.05) is 32.1 Å². The van der Waals surface area contributed by atoms with Gasteiger partial charge in [0, 0.05) is 26.2 Å². The molecule has 0 aliphatic carbocycles. The van der Waals surface area contributed by atoms with Crippen LogP contribution in [-0.4, -0.2) is 47.8 Å². The second-order valence-corrected chi connectivity index (χ2v) is 6.73. The molecular formula is C17H23ClN2O. The van der Waals surface area contributed by atoms with E-state index in [9.17, 15) is 4.79 Å². The van der Waals surface area contributed by atoms with Crippen molar-refractivity contribution in [2.45, 2.75) is 25.8 Å². The first kappa shape index (κ1) is 14.9. The van der Waals surface area contributed by atoms with Gasteiger partial charge in [0.1, 0.15) is 5.88 Å². The number of hydrogen-bond acceptors (Lipinski definition) is 2. The summed E-state index contributed by atoms with van der Waals surface area (Å²) in [5, 5.41) is 0. The normalized spacial score (nSPS) is 21.9. The molecular weight excluding hydrogens is 284 g/mol. The van der Waals surface area contributed by atoms with Crippen LogP contribution in [0.5, 0.6) is 0 Å². The molecule has 0 radical (unpaired) electrons. The molecule has 0 bridgehead atoms. The number of piperidine rings is 1. The van der Waals surface area contributed by atoms with Crippen LogP contribution < -0.4 is 0 Å². The van der Waals surface area contributed by atoms with Gasteiger partial charge in [-0.05, 0) is 36.8 Å². The van der Waals surface area contributed by atoms with Gasteiger partial charge >= 0.3 is 0 Å². The predicted molar refractivity (Wildman–Crippen MR) is 85.3 cm³/mol. The van der Waals surface area contributed by atoms with E-state index in [-0.39, 0.29) is 11.8 Å². The summed E-state index contributed by atoms with van der Waals surface area (Å²) in [5.74, 6) is 0.207. The first-order valence-corrected chi connectivity index (χ1v) is 8.34. The van der Waals surface area contributed by atoms with Crippen LogP contribution in [0.3, 0.4) is 0 Å². The fourth-order valence-corrected chi connectivity index (χ4v) is 3.90. The molecule has 21 heavy (non-hydrogen) atoms. The van der Waals surface area contributed by atoms with Gasteiger partial charge in [0.05, 0.1) is 0 Å². The molecule has 114 valence electrons. The second-order valence-electron chi connectivity index (χ2n) is 6.46. The predicted octanol–water partition coefficient (Wildman–Crippen LogP) is 2.74. The zero-order valence-electron chi connectivity index (χ0n) is 12.4. The smallest absolute Gasteiger partial charge is 0.237 e. The van der Waals surface area contributed by atoms with E-state index in [1.807, 2.05) is 4.90 Å². The summed E-state index contributed by atoms with van der Waals surface area (Å²) < 4.78 is 0. The van der Waals surface area contributed by atoms with Crippen LogP contribution in [0.1, 0.15) is 24.8 Å². The molecule has 0 unspecified atom stereocenters. The van der Waals surface area contributed by atoms with Crippen LogP contribution in [0.4, 0.5) is 0 Å². The summed E-state index contributed by atoms with van der Waals surface area (Å²) >= 11 is 5.65. The fraction of sp³-hybridized carbons (Fsp3) is 0.588. The second kappa shape index (κ2) is 6.37. The lowest BCUT2D eigenvalue weighted by Crippen LogP contribution is -2.44. The molecule has 0 saturated carbocycles. The van der Waals surface area contributed by atoms with Crippen molar-refractivity contribution in [3.63, 3.8) is 0 Å². The average Bonchev–Trinajstić information content (AvgIpc) is 2.91. The zero-order valence-corrected chi connectivity index (χ0v) is 13.2. The first-order valence-electron chi connectivity index (χ1n) is 7.81. The van der Waals surface area contributed by atoms with E-state index in [1.165, 1.54) is 25.1 Å². The third-order valence-electron chi connectivity index (χ3n) is 5.06. The minimum absolute atomic E-state index is 0.0886. The average molecular weight is 307 g/mol. The molecule has 0 aromatic heterocycles. The maximum absolute atomic E-state index is 11.7. The van der Waals surface area contributed by atoms with Gasteiger partial charge in [-0.2, -0.15) is 0 Å². The highest BCUT2D eigenvalue weighted by Crippen LogP contribution is 2.40. The van der Waals surface area contributed by atoms with Crippen molar-refractivity contribution < 1.29 is 4.79 Å². The maximum Gasteiger partial charge on any atom is 0.237 e. The summed E-state index contributed by atoms with van der Waals surface area (Å²) in [6.07, 6.45) is 3.52. The Kier molecular flexibility index (Phi) is 4.51. The minimum Gasteiger partial charge on any atom is -0.342 e. The Labute approximate surface area is 131 Å². The van der Waals surface area contributed by atoms with E-state index in [4.69, 9.17) is 11.6 Å². The van der Waals surface area contributed by atoms with Crippen LogP contribution in [0.25, 0.3) is 0 Å². The fourth-order valence-electron chi connectivity index (χ4n) is 3.73. The Balaban J connectivity index is 1.54. The molecule has 4 heteroatoms. The molecule has 1 aromatic rings. The molecule has 0 atom stereocenters. The molecule has 3 rings (SSSR count). The van der Waals surface area contributed by atoms with Gasteiger partial charge in [-0.1, -0.05) is 30.3 Å². The lowest BCUT2D eigenvalue weighted by Gasteiger charge is -2.39. The van der Waals surface area contributed by atoms with Gasteiger partial charge in [-0.3, -0.25) is 9.69 Å². The Morgan fingerprint density at radius 3 is 2.43 bits per heavy atom. The number of carbonyl (C=O) groups is 1. The third kappa shape index (κ3) is 3.41. The van der Waals surface area contributed by atoms with Crippen molar-refractivity contribution >= 4 is 17.5 Å². The van der Waals surface area contributed by atoms with Crippen LogP contribution in [-0.2, 0) is 11.3 Å². The van der Waals surface area contributed by atoms with Gasteiger partial charge in [0.25, 0.3) is 0 Å². The topological polar surface area (TPSA) is 23.6 Å². The van der Waals surface area contributed by atoms with Crippen LogP contribution in [0.2, 0.25) is 0 Å². The summed E-state index contributed by atoms with van der Waals surface area (Å²) in [6, 6.07) is 10.7. The van der Waals surface area contributed by atoms with E-state index in [0.717, 1.165) is 32.5 Å². The Morgan fingerprint density at radius 1 is 1.10 bits per heavy atom. The largest absolute Gasteiger partial charge is 0.342 e. The zero-order chi connectivity index (χ0) is 14.7. The Hall–Kier alpha value is -1.06. The van der Waals surface area contributed by atoms with E-state index in [0.29, 0.717) is 5.41 Å². The van der Waals surface area contributed by atoms with Gasteiger partial charge in [-0.25, -0.2) is 0 Å². The first-order chi connectivity index (χ1) is 10.2. The summed E-state index contributed by atoms with van der Waals surface area (Å²) in [5.41, 5.74) is 1.82. The van der Waals surface area contributed by atoms with E-state index >= 15 is 0 Å². The number of amides is 1. The highest BCUT2D eigenvalue weighted by Gasteiger charge is 2.40. The molecule has 1 amide bonds. The third-order valence-corrected chi connectivity index (χ3v) is 5.29. The number of likely N-dealkylation sites (tertiary alicyclic amines) is 2. The van der Waals surface area contributed by atoms with Crippen LogP contribution in [0, 0.1) is 5.41 Å². The standard InChI is InChI=1S/C17H23ClN2O/c18-12-16(21)20-10-7-17(8-11-20)6-9-19(14-17)13-15-4-2-1-3-5-15/h1-5H,6-14H2. The Morgan fingerprint density at radius 2 is 1.76 bits per heavy atom. The van der Waals surface area contributed by atoms with Crippen molar-refractivity contribution in [1.29, 1.82) is 0 Å². The van der Waals surface area contributed by atoms with Gasteiger partial charge < -0.3 is 4.90 Å². The number of alkyl halides is 1. The highest BCUT2D eigenvalue weighted by molar-refractivity contribution is 6.27. The van der Waals surface area contributed by atoms with E-state index in [1.54, 1.807) is 0 Å². The monoisotopic (exact) mass is 306 g/mol. The summed E-state index contributed by atoms with van der Waals surface area (Å²) in [7, 11) is 0. The number of hydrogen-bond donors (Lipinski definition) is 0. The number of rotatable bonds is 3. The van der Waals surface area contributed by atoms with Gasteiger partial charge in [-0.15, -0.1) is 11.6 Å². The number of halogens is 1. The maximum atomic E-state index is 11.7. The number of benzene rings is 1. The number of carbonyl (C=O) groups excluding carboxylic acids is 1. The van der Waals surface area contributed by atoms with Crippen LogP contribution in [0.15, 0.2) is 30.3 Å². The molecule has 2 saturated heterocycles. The molecule has 2 aliphatic heterocycles. The molecule has 2 fully saturated rings. The van der Waals surface area contributed by atoms with Crippen molar-refractivity contribution in [1.82, 2.24) is 9.80 Å². The summed E-state index contributed by atoms with van der Waals surface area (Å²) in [4.78, 5) is 16.2. The number of nitrogens with zero attached hydrogens (tertiary/aromatic N) is 2. The van der Waals surface area contributed by atoms with Gasteiger partial charge in [0.2, 0.25) is 5.91 Å². The highest BCUT2D eigenvalue weighted by atomic mass is 35.5. The molecule has 2 heterocycles. The van der Waals surface area contributed by atoms with Crippen molar-refractivity contribution in [3.05, 3.63) is 35.9 Å². The van der Waals surface area contributed by atoms with E-state index < -0.39 is 0 Å². The quantitative estimate of drug-likeness (QED) is 0.802. The molecule has 0 N–H and O–H groups in total. The van der Waals surface area contributed by atoms with Crippen LogP contribution >= 0.6 is 11.6 Å². The van der Waals surface area contributed by atoms with E-state index in [2.05, 4.69) is 35.2 Å². The van der Waals surface area contributed by atoms with Gasteiger partial charge in [0.15, 0.2) is 0 Å². The lowest BCUT2D eigenvalue weighted by atomic mass is 9.78. The van der Waals surface area contributed by atoms with Crippen molar-refractivity contribution in [3.8, 4) is 0 Å². The lowest BCUT2D eigenvalue weighted by molar-refractivity contribution is -0.130. The molecule has 1 aromatic carbocycles. The molecule has 2 aliphatic rings. The minimum atomic E-state index is 0.0886. The van der Waals surface area contributed by atoms with Crippen molar-refractivity contribution in [2.24, 2.45) is 5.41 Å². The summed E-state index contributed by atoms with van der Waals surface area (Å²) in [6.45, 7) is 5.16. The molecule has 3 nitrogen and oxygen atoms in total. The molecule has 1 spiro atoms. The SMILES string of the molecule is O=C(CCl)N1CCC2(CCN(Cc3ccccc3)C2)CC1.